The maximum Gasteiger partial charge on any atom is 0.251 e. The monoisotopic (exact) mass is 156 g/mol. The van der Waals surface area contributed by atoms with Crippen LogP contribution in [0.4, 0.5) is 8.78 Å². The molecule has 11 heavy (non-hydrogen) atoms. The molecule has 1 aromatic rings. The third-order valence-electron chi connectivity index (χ3n) is 1.13. The Hall–Kier alpha value is -1.45. The van der Waals surface area contributed by atoms with Crippen LogP contribution in [0.25, 0.3) is 0 Å². The van der Waals surface area contributed by atoms with Crippen molar-refractivity contribution in [3.05, 3.63) is 35.4 Å². The normalized spacial score (nSPS) is 9.64. The van der Waals surface area contributed by atoms with Gasteiger partial charge in [-0.05, 0) is 12.1 Å². The molecule has 1 aromatic carbocycles. The molecule has 57 valence electrons. The molecule has 0 bridgehead atoms. The number of amides is 1. The second-order valence-electron chi connectivity index (χ2n) is 1.91. The van der Waals surface area contributed by atoms with E-state index in [9.17, 15) is 13.6 Å². The Labute approximate surface area is 61.6 Å². The van der Waals surface area contributed by atoms with E-state index < -0.39 is 23.1 Å². The molecule has 0 aromatic heterocycles. The van der Waals surface area contributed by atoms with Gasteiger partial charge in [0.1, 0.15) is 11.6 Å². The smallest absolute Gasteiger partial charge is 0.251 e. The summed E-state index contributed by atoms with van der Waals surface area (Å²) >= 11 is 0. The van der Waals surface area contributed by atoms with Crippen LogP contribution >= 0.6 is 0 Å². The number of benzene rings is 1. The molecule has 1 amide bonds. The predicted octanol–water partition coefficient (Wildman–Crippen LogP) is 0.864. The Kier molecular flexibility index (Phi) is 1.85. The van der Waals surface area contributed by atoms with Crippen LogP contribution in [-0.2, 0) is 0 Å². The quantitative estimate of drug-likeness (QED) is 0.643. The Morgan fingerprint density at radius 2 is 2.18 bits per heavy atom. The molecule has 0 aliphatic carbocycles. The van der Waals surface area contributed by atoms with Gasteiger partial charge >= 0.3 is 0 Å². The van der Waals surface area contributed by atoms with E-state index in [2.05, 4.69) is 0 Å². The van der Waals surface area contributed by atoms with E-state index >= 15 is 0 Å². The van der Waals surface area contributed by atoms with Crippen LogP contribution in [0.5, 0.6) is 0 Å². The summed E-state index contributed by atoms with van der Waals surface area (Å²) in [5.41, 5.74) is 4.27. The summed E-state index contributed by atoms with van der Waals surface area (Å²) in [5, 5.41) is 0. The van der Waals surface area contributed by atoms with Crippen molar-refractivity contribution < 1.29 is 13.6 Å². The van der Waals surface area contributed by atoms with Gasteiger partial charge in [0.25, 0.3) is 5.91 Å². The Balaban J connectivity index is 3.23. The predicted molar refractivity (Wildman–Crippen MR) is 33.7 cm³/mol. The van der Waals surface area contributed by atoms with Gasteiger partial charge in [0.15, 0.2) is 0 Å². The van der Waals surface area contributed by atoms with E-state index in [0.29, 0.717) is 6.07 Å². The van der Waals surface area contributed by atoms with Crippen molar-refractivity contribution in [2.75, 3.05) is 0 Å². The molecule has 0 aliphatic rings. The molecule has 2 nitrogen and oxygen atoms in total. The van der Waals surface area contributed by atoms with Gasteiger partial charge in [0, 0.05) is 6.07 Å². The number of halogens is 2. The molecule has 1 rings (SSSR count). The van der Waals surface area contributed by atoms with Gasteiger partial charge < -0.3 is 5.73 Å². The second-order valence-corrected chi connectivity index (χ2v) is 1.91. The average molecular weight is 156 g/mol. The van der Waals surface area contributed by atoms with Crippen LogP contribution in [0.2, 0.25) is 0 Å². The van der Waals surface area contributed by atoms with Gasteiger partial charge in [-0.3, -0.25) is 4.79 Å². The van der Waals surface area contributed by atoms with Crippen molar-refractivity contribution >= 4 is 5.91 Å². The summed E-state index contributed by atoms with van der Waals surface area (Å²) in [7, 11) is 0. The van der Waals surface area contributed by atoms with Crippen LogP contribution < -0.4 is 5.73 Å². The molecule has 0 heterocycles. The highest BCUT2D eigenvalue weighted by Crippen LogP contribution is 2.07. The minimum Gasteiger partial charge on any atom is -0.366 e. The molecule has 1 radical (unpaired) electrons. The molecule has 4 heteroatoms. The zero-order valence-corrected chi connectivity index (χ0v) is 5.40. The first-order valence-electron chi connectivity index (χ1n) is 2.78. The largest absolute Gasteiger partial charge is 0.366 e. The lowest BCUT2D eigenvalue weighted by atomic mass is 10.2. The zero-order chi connectivity index (χ0) is 8.43. The first-order valence-corrected chi connectivity index (χ1v) is 2.78. The first-order chi connectivity index (χ1) is 5.11. The standard InChI is InChI=1S/C7H4F2NO/c8-4-1-2-6(9)5(3-4)7(10)11/h2-3H,(H2,10,11). The van der Waals surface area contributed by atoms with Crippen LogP contribution in [0.3, 0.4) is 0 Å². The molecular formula is C7H4F2NO. The second kappa shape index (κ2) is 2.65. The Bertz CT molecular complexity index is 298. The number of hydrogen-bond donors (Lipinski definition) is 1. The van der Waals surface area contributed by atoms with Crippen molar-refractivity contribution in [3.63, 3.8) is 0 Å². The molecule has 0 saturated heterocycles. The molecule has 0 spiro atoms. The lowest BCUT2D eigenvalue weighted by Gasteiger charge is -1.95. The average Bonchev–Trinajstić information content (AvgIpc) is 1.94. The van der Waals surface area contributed by atoms with Crippen molar-refractivity contribution in [2.45, 2.75) is 0 Å². The van der Waals surface area contributed by atoms with Gasteiger partial charge in [0.05, 0.1) is 5.56 Å². The van der Waals surface area contributed by atoms with Gasteiger partial charge in [-0.15, -0.1) is 0 Å². The van der Waals surface area contributed by atoms with Crippen molar-refractivity contribution in [3.8, 4) is 0 Å². The summed E-state index contributed by atoms with van der Waals surface area (Å²) in [5.74, 6) is -2.66. The molecule has 0 atom stereocenters. The molecule has 2 N–H and O–H groups in total. The fourth-order valence-corrected chi connectivity index (χ4v) is 0.636. The summed E-state index contributed by atoms with van der Waals surface area (Å²) in [6.07, 6.45) is 0. The first kappa shape index (κ1) is 7.65. The lowest BCUT2D eigenvalue weighted by Crippen LogP contribution is -2.13. The summed E-state index contributed by atoms with van der Waals surface area (Å²) in [4.78, 5) is 10.4. The fourth-order valence-electron chi connectivity index (χ4n) is 0.636. The van der Waals surface area contributed by atoms with E-state index in [1.54, 1.807) is 0 Å². The minimum atomic E-state index is -0.990. The molecule has 0 saturated carbocycles. The van der Waals surface area contributed by atoms with Gasteiger partial charge in [-0.25, -0.2) is 8.78 Å². The Morgan fingerprint density at radius 1 is 1.55 bits per heavy atom. The summed E-state index contributed by atoms with van der Waals surface area (Å²) in [6.45, 7) is 0. The van der Waals surface area contributed by atoms with Crippen molar-refractivity contribution in [2.24, 2.45) is 5.73 Å². The van der Waals surface area contributed by atoms with E-state index in [4.69, 9.17) is 5.73 Å². The molecule has 0 aliphatic heterocycles. The summed E-state index contributed by atoms with van der Waals surface area (Å²) in [6, 6.07) is 3.38. The third kappa shape index (κ3) is 1.52. The van der Waals surface area contributed by atoms with Crippen LogP contribution in [0.1, 0.15) is 10.4 Å². The number of nitrogens with two attached hydrogens (primary N) is 1. The molecule has 0 fully saturated rings. The van der Waals surface area contributed by atoms with Gasteiger partial charge in [-0.1, -0.05) is 0 Å². The number of primary amides is 1. The maximum atomic E-state index is 12.5. The van der Waals surface area contributed by atoms with Crippen LogP contribution in [0.15, 0.2) is 12.1 Å². The molecule has 0 unspecified atom stereocenters. The van der Waals surface area contributed by atoms with E-state index in [1.807, 2.05) is 6.07 Å². The topological polar surface area (TPSA) is 43.1 Å². The lowest BCUT2D eigenvalue weighted by molar-refractivity contribution is 0.0996. The highest BCUT2D eigenvalue weighted by atomic mass is 19.1. The number of carbonyl (C=O) groups is 1. The van der Waals surface area contributed by atoms with Gasteiger partial charge in [0.2, 0.25) is 0 Å². The van der Waals surface area contributed by atoms with Crippen LogP contribution in [0, 0.1) is 17.7 Å². The maximum absolute atomic E-state index is 12.5. The van der Waals surface area contributed by atoms with Crippen molar-refractivity contribution in [1.29, 1.82) is 0 Å². The number of rotatable bonds is 1. The number of carbonyl (C=O) groups excluding carboxylic acids is 1. The van der Waals surface area contributed by atoms with E-state index in [-0.39, 0.29) is 0 Å². The fraction of sp³-hybridized carbons (Fsp3) is 0. The Morgan fingerprint density at radius 3 is 2.64 bits per heavy atom. The minimum absolute atomic E-state index is 0.457. The SMILES string of the molecule is NC(=O)c1cc(F)[c]cc1F. The van der Waals surface area contributed by atoms with Crippen LogP contribution in [-0.4, -0.2) is 5.91 Å². The third-order valence-corrected chi connectivity index (χ3v) is 1.13. The number of hydrogen-bond acceptors (Lipinski definition) is 1. The van der Waals surface area contributed by atoms with E-state index in [0.717, 1.165) is 6.07 Å². The highest BCUT2D eigenvalue weighted by molar-refractivity contribution is 5.92. The zero-order valence-electron chi connectivity index (χ0n) is 5.40. The van der Waals surface area contributed by atoms with Crippen molar-refractivity contribution in [1.82, 2.24) is 0 Å². The molecular weight excluding hydrogens is 152 g/mol. The summed E-state index contributed by atoms with van der Waals surface area (Å²) < 4.78 is 24.8. The van der Waals surface area contributed by atoms with Gasteiger partial charge in [-0.2, -0.15) is 0 Å². The van der Waals surface area contributed by atoms with E-state index in [1.165, 1.54) is 0 Å². The highest BCUT2D eigenvalue weighted by Gasteiger charge is 2.08.